The van der Waals surface area contributed by atoms with Gasteiger partial charge < -0.3 is 9.32 Å². The predicted octanol–water partition coefficient (Wildman–Crippen LogP) is 4.25. The number of rotatable bonds is 4. The fourth-order valence-corrected chi connectivity index (χ4v) is 3.17. The van der Waals surface area contributed by atoms with Crippen LogP contribution in [0.15, 0.2) is 59.0 Å². The van der Waals surface area contributed by atoms with Gasteiger partial charge in [0.25, 0.3) is 0 Å². The second-order valence-corrected chi connectivity index (χ2v) is 6.45. The predicted molar refractivity (Wildman–Crippen MR) is 93.7 cm³/mol. The van der Waals surface area contributed by atoms with Crippen molar-refractivity contribution in [2.75, 3.05) is 0 Å². The largest absolute Gasteiger partial charge is 0.418 e. The van der Waals surface area contributed by atoms with E-state index in [0.29, 0.717) is 36.2 Å². The SMILES string of the molecule is O=C1CCC(c2nnc(-c3ccc(Cl)cc3)o2)N1Cc1ccccc1. The van der Waals surface area contributed by atoms with Crippen molar-refractivity contribution in [2.24, 2.45) is 0 Å². The summed E-state index contributed by atoms with van der Waals surface area (Å²) >= 11 is 5.91. The van der Waals surface area contributed by atoms with Gasteiger partial charge in [-0.05, 0) is 36.2 Å². The van der Waals surface area contributed by atoms with Gasteiger partial charge in [-0.2, -0.15) is 0 Å². The number of amides is 1. The molecule has 0 radical (unpaired) electrons. The maximum Gasteiger partial charge on any atom is 0.247 e. The molecular formula is C19H16ClN3O2. The first-order valence-corrected chi connectivity index (χ1v) is 8.51. The molecule has 1 amide bonds. The third-order valence-corrected chi connectivity index (χ3v) is 4.59. The Balaban J connectivity index is 1.58. The minimum atomic E-state index is -0.179. The average Bonchev–Trinajstić information content (AvgIpc) is 3.24. The van der Waals surface area contributed by atoms with Crippen LogP contribution in [-0.4, -0.2) is 21.0 Å². The molecule has 1 saturated heterocycles. The molecule has 0 spiro atoms. The molecule has 0 aliphatic carbocycles. The molecular weight excluding hydrogens is 338 g/mol. The van der Waals surface area contributed by atoms with Crippen LogP contribution in [0.3, 0.4) is 0 Å². The quantitative estimate of drug-likeness (QED) is 0.703. The third-order valence-electron chi connectivity index (χ3n) is 4.34. The van der Waals surface area contributed by atoms with Crippen molar-refractivity contribution in [1.29, 1.82) is 0 Å². The van der Waals surface area contributed by atoms with Gasteiger partial charge in [0.1, 0.15) is 6.04 Å². The molecule has 2 heterocycles. The maximum atomic E-state index is 12.3. The Morgan fingerprint density at radius 3 is 2.60 bits per heavy atom. The summed E-state index contributed by atoms with van der Waals surface area (Å²) < 4.78 is 5.85. The molecule has 0 saturated carbocycles. The first kappa shape index (κ1) is 15.8. The molecule has 5 nitrogen and oxygen atoms in total. The summed E-state index contributed by atoms with van der Waals surface area (Å²) in [4.78, 5) is 14.1. The number of carbonyl (C=O) groups is 1. The van der Waals surface area contributed by atoms with E-state index in [9.17, 15) is 4.79 Å². The van der Waals surface area contributed by atoms with Crippen molar-refractivity contribution in [3.63, 3.8) is 0 Å². The zero-order valence-electron chi connectivity index (χ0n) is 13.4. The Morgan fingerprint density at radius 2 is 1.84 bits per heavy atom. The van der Waals surface area contributed by atoms with Crippen molar-refractivity contribution in [1.82, 2.24) is 15.1 Å². The van der Waals surface area contributed by atoms with E-state index in [1.807, 2.05) is 47.4 Å². The lowest BCUT2D eigenvalue weighted by molar-refractivity contribution is -0.129. The van der Waals surface area contributed by atoms with Gasteiger partial charge in [-0.25, -0.2) is 0 Å². The van der Waals surface area contributed by atoms with Crippen LogP contribution in [0.2, 0.25) is 5.02 Å². The number of hydrogen-bond donors (Lipinski definition) is 0. The van der Waals surface area contributed by atoms with Crippen LogP contribution in [0.5, 0.6) is 0 Å². The van der Waals surface area contributed by atoms with Crippen LogP contribution in [-0.2, 0) is 11.3 Å². The highest BCUT2D eigenvalue weighted by Gasteiger charge is 2.35. The second kappa shape index (κ2) is 6.69. The molecule has 25 heavy (non-hydrogen) atoms. The number of benzene rings is 2. The van der Waals surface area contributed by atoms with Crippen LogP contribution in [0, 0.1) is 0 Å². The summed E-state index contributed by atoms with van der Waals surface area (Å²) in [5, 5.41) is 8.96. The molecule has 3 aromatic rings. The van der Waals surface area contributed by atoms with Crippen molar-refractivity contribution >= 4 is 17.5 Å². The Labute approximate surface area is 150 Å². The van der Waals surface area contributed by atoms with E-state index in [1.165, 1.54) is 0 Å². The number of halogens is 1. The van der Waals surface area contributed by atoms with Crippen LogP contribution in [0.1, 0.15) is 30.3 Å². The highest BCUT2D eigenvalue weighted by atomic mass is 35.5. The molecule has 1 aromatic heterocycles. The zero-order chi connectivity index (χ0) is 17.2. The second-order valence-electron chi connectivity index (χ2n) is 6.01. The van der Waals surface area contributed by atoms with Crippen LogP contribution < -0.4 is 0 Å². The summed E-state index contributed by atoms with van der Waals surface area (Å²) in [7, 11) is 0. The van der Waals surface area contributed by atoms with Crippen molar-refractivity contribution in [3.8, 4) is 11.5 Å². The average molecular weight is 354 g/mol. The van der Waals surface area contributed by atoms with Crippen LogP contribution in [0.25, 0.3) is 11.5 Å². The Kier molecular flexibility index (Phi) is 4.24. The van der Waals surface area contributed by atoms with E-state index in [4.69, 9.17) is 16.0 Å². The lowest BCUT2D eigenvalue weighted by Gasteiger charge is -2.22. The van der Waals surface area contributed by atoms with Crippen LogP contribution >= 0.6 is 11.6 Å². The Hall–Kier alpha value is -2.66. The molecule has 126 valence electrons. The van der Waals surface area contributed by atoms with Gasteiger partial charge in [-0.1, -0.05) is 41.9 Å². The topological polar surface area (TPSA) is 59.2 Å². The van der Waals surface area contributed by atoms with Crippen molar-refractivity contribution < 1.29 is 9.21 Å². The van der Waals surface area contributed by atoms with Gasteiger partial charge >= 0.3 is 0 Å². The van der Waals surface area contributed by atoms with E-state index in [0.717, 1.165) is 11.1 Å². The van der Waals surface area contributed by atoms with Crippen molar-refractivity contribution in [3.05, 3.63) is 71.1 Å². The Morgan fingerprint density at radius 1 is 1.08 bits per heavy atom. The van der Waals surface area contributed by atoms with Gasteiger partial charge in [-0.15, -0.1) is 10.2 Å². The highest BCUT2D eigenvalue weighted by Crippen LogP contribution is 2.34. The minimum absolute atomic E-state index is 0.111. The van der Waals surface area contributed by atoms with E-state index >= 15 is 0 Å². The van der Waals surface area contributed by atoms with Gasteiger partial charge in [0.15, 0.2) is 0 Å². The molecule has 1 aliphatic heterocycles. The van der Waals surface area contributed by atoms with Gasteiger partial charge in [0.2, 0.25) is 17.7 Å². The summed E-state index contributed by atoms with van der Waals surface area (Å²) in [5.41, 5.74) is 1.89. The summed E-state index contributed by atoms with van der Waals surface area (Å²) in [6.07, 6.45) is 1.18. The molecule has 1 unspecified atom stereocenters. The number of carbonyl (C=O) groups excluding carboxylic acids is 1. The number of hydrogen-bond acceptors (Lipinski definition) is 4. The lowest BCUT2D eigenvalue weighted by Crippen LogP contribution is -2.27. The fourth-order valence-electron chi connectivity index (χ4n) is 3.05. The standard InChI is InChI=1S/C19H16ClN3O2/c20-15-8-6-14(7-9-15)18-21-22-19(25-18)16-10-11-17(24)23(16)12-13-4-2-1-3-5-13/h1-9,16H,10-12H2. The molecule has 1 aliphatic rings. The smallest absolute Gasteiger partial charge is 0.247 e. The normalized spacial score (nSPS) is 17.2. The molecule has 2 aromatic carbocycles. The summed E-state index contributed by atoms with van der Waals surface area (Å²) in [6.45, 7) is 0.545. The van der Waals surface area contributed by atoms with E-state index in [-0.39, 0.29) is 11.9 Å². The third kappa shape index (κ3) is 3.28. The highest BCUT2D eigenvalue weighted by molar-refractivity contribution is 6.30. The lowest BCUT2D eigenvalue weighted by atomic mass is 10.2. The van der Waals surface area contributed by atoms with Gasteiger partial charge in [-0.3, -0.25) is 4.79 Å². The van der Waals surface area contributed by atoms with Crippen LogP contribution in [0.4, 0.5) is 0 Å². The Bertz CT molecular complexity index is 877. The molecule has 4 rings (SSSR count). The molecule has 0 bridgehead atoms. The molecule has 1 fully saturated rings. The molecule has 6 heteroatoms. The van der Waals surface area contributed by atoms with E-state index < -0.39 is 0 Å². The molecule has 0 N–H and O–H groups in total. The molecule has 1 atom stereocenters. The maximum absolute atomic E-state index is 12.3. The first-order chi connectivity index (χ1) is 12.2. The number of nitrogens with zero attached hydrogens (tertiary/aromatic N) is 3. The summed E-state index contributed by atoms with van der Waals surface area (Å²) in [6, 6.07) is 17.0. The number of aromatic nitrogens is 2. The minimum Gasteiger partial charge on any atom is -0.418 e. The number of likely N-dealkylation sites (tertiary alicyclic amines) is 1. The summed E-state index contributed by atoms with van der Waals surface area (Å²) in [5.74, 6) is 1.03. The monoisotopic (exact) mass is 353 g/mol. The zero-order valence-corrected chi connectivity index (χ0v) is 14.2. The van der Waals surface area contributed by atoms with Crippen molar-refractivity contribution in [2.45, 2.75) is 25.4 Å². The first-order valence-electron chi connectivity index (χ1n) is 8.13. The van der Waals surface area contributed by atoms with E-state index in [1.54, 1.807) is 12.1 Å². The van der Waals surface area contributed by atoms with Gasteiger partial charge in [0.05, 0.1) is 0 Å². The van der Waals surface area contributed by atoms with Gasteiger partial charge in [0, 0.05) is 23.6 Å². The van der Waals surface area contributed by atoms with E-state index in [2.05, 4.69) is 10.2 Å². The fraction of sp³-hybridized carbons (Fsp3) is 0.211.